The molecule has 17 heavy (non-hydrogen) atoms. The van der Waals surface area contributed by atoms with Crippen molar-refractivity contribution >= 4 is 11.9 Å². The summed E-state index contributed by atoms with van der Waals surface area (Å²) in [5.41, 5.74) is 0. The molecule has 2 N–H and O–H groups in total. The van der Waals surface area contributed by atoms with Gasteiger partial charge in [0.25, 0.3) is 0 Å². The fourth-order valence-electron chi connectivity index (χ4n) is 1.86. The summed E-state index contributed by atoms with van der Waals surface area (Å²) in [5, 5.41) is 11.4. The van der Waals surface area contributed by atoms with Crippen LogP contribution in [0.5, 0.6) is 0 Å². The molecule has 0 aliphatic rings. The number of hydrogen-bond acceptors (Lipinski definition) is 2. The van der Waals surface area contributed by atoms with Gasteiger partial charge in [-0.1, -0.05) is 40.0 Å². The fourth-order valence-corrected chi connectivity index (χ4v) is 1.86. The van der Waals surface area contributed by atoms with Crippen molar-refractivity contribution < 1.29 is 14.7 Å². The standard InChI is InChI=1S/C13H25NO3/c1-9(2)6-5-7-10(3)8-12(13(16)17)14-11(4)15/h9-10,12H,5-8H2,1-4H3,(H,14,15)(H,16,17)/t10?,12-/m0/s1. The summed E-state index contributed by atoms with van der Waals surface area (Å²) < 4.78 is 0. The van der Waals surface area contributed by atoms with Gasteiger partial charge in [-0.15, -0.1) is 0 Å². The Kier molecular flexibility index (Phi) is 7.59. The maximum atomic E-state index is 10.9. The summed E-state index contributed by atoms with van der Waals surface area (Å²) in [4.78, 5) is 21.8. The second-order valence-electron chi connectivity index (χ2n) is 5.26. The summed E-state index contributed by atoms with van der Waals surface area (Å²) in [6.07, 6.45) is 3.81. The fraction of sp³-hybridized carbons (Fsp3) is 0.846. The van der Waals surface area contributed by atoms with Gasteiger partial charge in [0, 0.05) is 6.92 Å². The van der Waals surface area contributed by atoms with E-state index >= 15 is 0 Å². The lowest BCUT2D eigenvalue weighted by molar-refractivity contribution is -0.142. The van der Waals surface area contributed by atoms with Crippen LogP contribution in [0.4, 0.5) is 0 Å². The van der Waals surface area contributed by atoms with Gasteiger partial charge in [0.15, 0.2) is 0 Å². The van der Waals surface area contributed by atoms with Crippen molar-refractivity contribution in [3.63, 3.8) is 0 Å². The monoisotopic (exact) mass is 243 g/mol. The highest BCUT2D eigenvalue weighted by Crippen LogP contribution is 2.16. The zero-order valence-electron chi connectivity index (χ0n) is 11.3. The summed E-state index contributed by atoms with van der Waals surface area (Å²) in [6, 6.07) is -0.749. The van der Waals surface area contributed by atoms with Crippen LogP contribution in [0, 0.1) is 11.8 Å². The topological polar surface area (TPSA) is 66.4 Å². The van der Waals surface area contributed by atoms with Gasteiger partial charge in [-0.3, -0.25) is 4.79 Å². The van der Waals surface area contributed by atoms with E-state index in [9.17, 15) is 9.59 Å². The minimum absolute atomic E-state index is 0.285. The smallest absolute Gasteiger partial charge is 0.326 e. The van der Waals surface area contributed by atoms with Crippen molar-refractivity contribution in [2.24, 2.45) is 11.8 Å². The molecule has 1 amide bonds. The van der Waals surface area contributed by atoms with E-state index in [-0.39, 0.29) is 5.91 Å². The molecule has 0 rings (SSSR count). The molecule has 0 heterocycles. The van der Waals surface area contributed by atoms with Crippen molar-refractivity contribution in [3.8, 4) is 0 Å². The molecule has 0 aromatic heterocycles. The van der Waals surface area contributed by atoms with Gasteiger partial charge < -0.3 is 10.4 Å². The summed E-state index contributed by atoms with van der Waals surface area (Å²) in [7, 11) is 0. The van der Waals surface area contributed by atoms with Crippen molar-refractivity contribution in [2.75, 3.05) is 0 Å². The summed E-state index contributed by atoms with van der Waals surface area (Å²) >= 11 is 0. The van der Waals surface area contributed by atoms with Gasteiger partial charge in [0.1, 0.15) is 6.04 Å². The van der Waals surface area contributed by atoms with Crippen LogP contribution in [0.15, 0.2) is 0 Å². The van der Waals surface area contributed by atoms with E-state index in [0.717, 1.165) is 12.8 Å². The quantitative estimate of drug-likeness (QED) is 0.688. The molecule has 0 bridgehead atoms. The first-order chi connectivity index (χ1) is 7.82. The van der Waals surface area contributed by atoms with Gasteiger partial charge in [-0.2, -0.15) is 0 Å². The van der Waals surface area contributed by atoms with Crippen LogP contribution in [-0.4, -0.2) is 23.0 Å². The first-order valence-electron chi connectivity index (χ1n) is 6.32. The van der Waals surface area contributed by atoms with Gasteiger partial charge in [-0.05, 0) is 18.3 Å². The van der Waals surface area contributed by atoms with E-state index < -0.39 is 12.0 Å². The number of carboxylic acids is 1. The van der Waals surface area contributed by atoms with Crippen LogP contribution in [0.3, 0.4) is 0 Å². The van der Waals surface area contributed by atoms with Crippen LogP contribution >= 0.6 is 0 Å². The average molecular weight is 243 g/mol. The molecule has 0 saturated carbocycles. The molecule has 0 radical (unpaired) electrons. The Bertz CT molecular complexity index is 251. The molecular weight excluding hydrogens is 218 g/mol. The molecule has 4 heteroatoms. The Hall–Kier alpha value is -1.06. The Balaban J connectivity index is 3.99. The van der Waals surface area contributed by atoms with Crippen LogP contribution in [0.2, 0.25) is 0 Å². The molecule has 0 aliphatic heterocycles. The SMILES string of the molecule is CC(=O)N[C@@H](CC(C)CCCC(C)C)C(=O)O. The van der Waals surface area contributed by atoms with Crippen molar-refractivity contribution in [2.45, 2.75) is 59.4 Å². The molecule has 0 fully saturated rings. The highest BCUT2D eigenvalue weighted by Gasteiger charge is 2.20. The van der Waals surface area contributed by atoms with Crippen LogP contribution in [0.25, 0.3) is 0 Å². The van der Waals surface area contributed by atoms with E-state index in [4.69, 9.17) is 5.11 Å². The molecular formula is C13H25NO3. The number of aliphatic carboxylic acids is 1. The van der Waals surface area contributed by atoms with Crippen molar-refractivity contribution in [1.82, 2.24) is 5.32 Å². The molecule has 0 saturated heterocycles. The second kappa shape index (κ2) is 8.09. The van der Waals surface area contributed by atoms with E-state index in [2.05, 4.69) is 19.2 Å². The lowest BCUT2D eigenvalue weighted by atomic mass is 9.94. The number of carbonyl (C=O) groups is 2. The third-order valence-corrected chi connectivity index (χ3v) is 2.79. The van der Waals surface area contributed by atoms with Gasteiger partial charge in [0.05, 0.1) is 0 Å². The van der Waals surface area contributed by atoms with Crippen LogP contribution < -0.4 is 5.32 Å². The third kappa shape index (κ3) is 8.72. The Labute approximate surface area is 104 Å². The highest BCUT2D eigenvalue weighted by atomic mass is 16.4. The molecule has 0 aromatic rings. The second-order valence-corrected chi connectivity index (χ2v) is 5.26. The molecule has 2 atom stereocenters. The lowest BCUT2D eigenvalue weighted by Crippen LogP contribution is -2.40. The summed E-state index contributed by atoms with van der Waals surface area (Å²) in [5.74, 6) is -0.225. The molecule has 100 valence electrons. The van der Waals surface area contributed by atoms with E-state index in [0.29, 0.717) is 18.3 Å². The first kappa shape index (κ1) is 15.9. The van der Waals surface area contributed by atoms with Crippen LogP contribution in [0.1, 0.15) is 53.4 Å². The predicted molar refractivity (Wildman–Crippen MR) is 67.7 cm³/mol. The third-order valence-electron chi connectivity index (χ3n) is 2.79. The number of carboxylic acid groups (broad SMARTS) is 1. The Morgan fingerprint density at radius 1 is 1.18 bits per heavy atom. The zero-order chi connectivity index (χ0) is 13.4. The average Bonchev–Trinajstić information content (AvgIpc) is 2.15. The Morgan fingerprint density at radius 2 is 1.76 bits per heavy atom. The first-order valence-corrected chi connectivity index (χ1v) is 6.32. The largest absolute Gasteiger partial charge is 0.480 e. The number of amides is 1. The minimum Gasteiger partial charge on any atom is -0.480 e. The minimum atomic E-state index is -0.948. The molecule has 4 nitrogen and oxygen atoms in total. The number of nitrogens with one attached hydrogen (secondary N) is 1. The van der Waals surface area contributed by atoms with Gasteiger partial charge in [0.2, 0.25) is 5.91 Å². The van der Waals surface area contributed by atoms with Crippen LogP contribution in [-0.2, 0) is 9.59 Å². The molecule has 0 aromatic carbocycles. The number of rotatable bonds is 8. The molecule has 0 aliphatic carbocycles. The number of carbonyl (C=O) groups excluding carboxylic acids is 1. The van der Waals surface area contributed by atoms with Crippen molar-refractivity contribution in [3.05, 3.63) is 0 Å². The highest BCUT2D eigenvalue weighted by molar-refractivity contribution is 5.81. The molecule has 1 unspecified atom stereocenters. The lowest BCUT2D eigenvalue weighted by Gasteiger charge is -2.18. The zero-order valence-corrected chi connectivity index (χ0v) is 11.3. The van der Waals surface area contributed by atoms with E-state index in [1.54, 1.807) is 0 Å². The van der Waals surface area contributed by atoms with Gasteiger partial charge >= 0.3 is 5.97 Å². The molecule has 0 spiro atoms. The number of hydrogen-bond donors (Lipinski definition) is 2. The summed E-state index contributed by atoms with van der Waals surface area (Å²) in [6.45, 7) is 7.75. The predicted octanol–water partition coefficient (Wildman–Crippen LogP) is 2.43. The normalized spacial score (nSPS) is 14.4. The Morgan fingerprint density at radius 3 is 2.18 bits per heavy atom. The van der Waals surface area contributed by atoms with Crippen molar-refractivity contribution in [1.29, 1.82) is 0 Å². The van der Waals surface area contributed by atoms with E-state index in [1.807, 2.05) is 6.92 Å². The van der Waals surface area contributed by atoms with Gasteiger partial charge in [-0.25, -0.2) is 4.79 Å². The maximum Gasteiger partial charge on any atom is 0.326 e. The van der Waals surface area contributed by atoms with E-state index in [1.165, 1.54) is 13.3 Å². The maximum absolute atomic E-state index is 10.9.